The molecule has 0 aliphatic rings. The molecule has 2 N–H and O–H groups in total. The Labute approximate surface area is 114 Å². The fourth-order valence-electron chi connectivity index (χ4n) is 1.95. The number of nitrogen functional groups attached to an aromatic ring is 1. The van der Waals surface area contributed by atoms with Gasteiger partial charge in [0.05, 0.1) is 5.69 Å². The second-order valence-electron chi connectivity index (χ2n) is 4.13. The van der Waals surface area contributed by atoms with Crippen molar-refractivity contribution in [3.05, 3.63) is 59.7 Å². The minimum Gasteiger partial charge on any atom is -0.375 e. The number of nitrogens with zero attached hydrogens (tertiary/aromatic N) is 1. The van der Waals surface area contributed by atoms with E-state index >= 15 is 0 Å². The summed E-state index contributed by atoms with van der Waals surface area (Å²) in [5, 5.41) is 2.31. The molecule has 0 radical (unpaired) electrons. The van der Waals surface area contributed by atoms with Crippen molar-refractivity contribution in [1.29, 1.82) is 0 Å². The summed E-state index contributed by atoms with van der Waals surface area (Å²) in [6, 6.07) is 14.6. The van der Waals surface area contributed by atoms with Gasteiger partial charge in [-0.05, 0) is 11.6 Å². The zero-order valence-electron chi connectivity index (χ0n) is 10.0. The summed E-state index contributed by atoms with van der Waals surface area (Å²) >= 11 is 1.35. The Hall–Kier alpha value is -2.20. The molecule has 94 valence electrons. The lowest BCUT2D eigenvalue weighted by Gasteiger charge is -2.05. The van der Waals surface area contributed by atoms with Crippen LogP contribution in [0.1, 0.15) is 0 Å². The van der Waals surface area contributed by atoms with Crippen LogP contribution >= 0.6 is 11.3 Å². The van der Waals surface area contributed by atoms with E-state index in [0.29, 0.717) is 16.4 Å². The third-order valence-electron chi connectivity index (χ3n) is 2.87. The van der Waals surface area contributed by atoms with Gasteiger partial charge in [0.25, 0.3) is 0 Å². The molecule has 0 aliphatic carbocycles. The predicted octanol–water partition coefficient (Wildman–Crippen LogP) is 4.20. The first kappa shape index (κ1) is 11.9. The molecule has 2 aromatic carbocycles. The molecule has 0 amide bonds. The number of anilines is 1. The average molecular weight is 270 g/mol. The van der Waals surface area contributed by atoms with E-state index in [-0.39, 0.29) is 5.82 Å². The molecule has 0 spiro atoms. The highest BCUT2D eigenvalue weighted by Crippen LogP contribution is 2.28. The van der Waals surface area contributed by atoms with E-state index in [4.69, 9.17) is 5.73 Å². The van der Waals surface area contributed by atoms with Crippen molar-refractivity contribution in [3.63, 3.8) is 0 Å². The van der Waals surface area contributed by atoms with Gasteiger partial charge in [0.2, 0.25) is 0 Å². The van der Waals surface area contributed by atoms with Crippen LogP contribution < -0.4 is 5.73 Å². The summed E-state index contributed by atoms with van der Waals surface area (Å²) in [4.78, 5) is 4.15. The Morgan fingerprint density at radius 1 is 1.00 bits per heavy atom. The number of aromatic nitrogens is 1. The van der Waals surface area contributed by atoms with E-state index < -0.39 is 0 Å². The molecule has 0 bridgehead atoms. The molecule has 1 aromatic heterocycles. The third-order valence-corrected chi connectivity index (χ3v) is 3.55. The molecule has 0 unspecified atom stereocenters. The van der Waals surface area contributed by atoms with Crippen LogP contribution in [0.25, 0.3) is 22.4 Å². The van der Waals surface area contributed by atoms with Gasteiger partial charge in [-0.25, -0.2) is 9.37 Å². The Morgan fingerprint density at radius 2 is 1.79 bits per heavy atom. The molecule has 2 nitrogen and oxygen atoms in total. The largest absolute Gasteiger partial charge is 0.375 e. The number of halogens is 1. The lowest BCUT2D eigenvalue weighted by molar-refractivity contribution is 0.632. The van der Waals surface area contributed by atoms with Crippen molar-refractivity contribution in [3.8, 4) is 22.4 Å². The smallest absolute Gasteiger partial charge is 0.180 e. The van der Waals surface area contributed by atoms with Crippen LogP contribution in [0.15, 0.2) is 53.9 Å². The molecular weight excluding hydrogens is 259 g/mol. The molecule has 3 aromatic rings. The minimum atomic E-state index is -0.254. The summed E-state index contributed by atoms with van der Waals surface area (Å²) < 4.78 is 14.2. The molecule has 0 fully saturated rings. The van der Waals surface area contributed by atoms with Gasteiger partial charge < -0.3 is 5.73 Å². The summed E-state index contributed by atoms with van der Waals surface area (Å²) in [6.07, 6.45) is 0. The predicted molar refractivity (Wildman–Crippen MR) is 77.4 cm³/mol. The van der Waals surface area contributed by atoms with Crippen LogP contribution in [0.2, 0.25) is 0 Å². The maximum absolute atomic E-state index is 14.2. The summed E-state index contributed by atoms with van der Waals surface area (Å²) in [5.74, 6) is -0.254. The maximum Gasteiger partial charge on any atom is 0.180 e. The molecule has 0 saturated carbocycles. The first-order valence-corrected chi connectivity index (χ1v) is 6.68. The molecule has 1 heterocycles. The van der Waals surface area contributed by atoms with Gasteiger partial charge in [0.1, 0.15) is 5.82 Å². The number of thiazole rings is 1. The van der Waals surface area contributed by atoms with E-state index in [1.165, 1.54) is 17.4 Å². The van der Waals surface area contributed by atoms with Crippen LogP contribution in [0, 0.1) is 5.82 Å². The zero-order valence-corrected chi connectivity index (χ0v) is 10.8. The van der Waals surface area contributed by atoms with Gasteiger partial charge in [0.15, 0.2) is 5.13 Å². The van der Waals surface area contributed by atoms with Gasteiger partial charge >= 0.3 is 0 Å². The normalized spacial score (nSPS) is 10.6. The van der Waals surface area contributed by atoms with Crippen molar-refractivity contribution >= 4 is 16.5 Å². The second-order valence-corrected chi connectivity index (χ2v) is 5.02. The third kappa shape index (κ3) is 2.35. The van der Waals surface area contributed by atoms with Crippen LogP contribution in [0.4, 0.5) is 9.52 Å². The number of rotatable bonds is 2. The van der Waals surface area contributed by atoms with E-state index in [1.54, 1.807) is 6.07 Å². The van der Waals surface area contributed by atoms with Crippen molar-refractivity contribution in [1.82, 2.24) is 4.98 Å². The quantitative estimate of drug-likeness (QED) is 0.758. The molecule has 0 aliphatic heterocycles. The fourth-order valence-corrected chi connectivity index (χ4v) is 2.52. The first-order valence-electron chi connectivity index (χ1n) is 5.80. The van der Waals surface area contributed by atoms with Crippen molar-refractivity contribution in [2.45, 2.75) is 0 Å². The summed E-state index contributed by atoms with van der Waals surface area (Å²) in [7, 11) is 0. The Balaban J connectivity index is 2.03. The molecule has 4 heteroatoms. The minimum absolute atomic E-state index is 0.254. The zero-order chi connectivity index (χ0) is 13.2. The van der Waals surface area contributed by atoms with Crippen molar-refractivity contribution in [2.24, 2.45) is 0 Å². The lowest BCUT2D eigenvalue weighted by atomic mass is 10.0. The Kier molecular flexibility index (Phi) is 3.01. The second kappa shape index (κ2) is 4.82. The van der Waals surface area contributed by atoms with Crippen molar-refractivity contribution in [2.75, 3.05) is 5.73 Å². The van der Waals surface area contributed by atoms with Gasteiger partial charge in [-0.2, -0.15) is 0 Å². The highest BCUT2D eigenvalue weighted by molar-refractivity contribution is 7.13. The molecule has 19 heavy (non-hydrogen) atoms. The highest BCUT2D eigenvalue weighted by Gasteiger charge is 2.08. The van der Waals surface area contributed by atoms with Crippen LogP contribution in [-0.4, -0.2) is 4.98 Å². The van der Waals surface area contributed by atoms with Crippen LogP contribution in [-0.2, 0) is 0 Å². The lowest BCUT2D eigenvalue weighted by Crippen LogP contribution is -1.87. The first-order chi connectivity index (χ1) is 9.24. The van der Waals surface area contributed by atoms with E-state index in [1.807, 2.05) is 41.8 Å². The average Bonchev–Trinajstić information content (AvgIpc) is 2.86. The fraction of sp³-hybridized carbons (Fsp3) is 0. The SMILES string of the molecule is Nc1nc(-c2ccc(-c3ccccc3)c(F)c2)cs1. The van der Waals surface area contributed by atoms with Gasteiger partial charge in [0, 0.05) is 16.5 Å². The van der Waals surface area contributed by atoms with Gasteiger partial charge in [-0.1, -0.05) is 42.5 Å². The van der Waals surface area contributed by atoms with E-state index in [0.717, 1.165) is 11.1 Å². The monoisotopic (exact) mass is 270 g/mol. The van der Waals surface area contributed by atoms with Crippen molar-refractivity contribution < 1.29 is 4.39 Å². The number of benzene rings is 2. The summed E-state index contributed by atoms with van der Waals surface area (Å²) in [5.41, 5.74) is 8.49. The number of nitrogens with two attached hydrogens (primary N) is 1. The number of hydrogen-bond acceptors (Lipinski definition) is 3. The van der Waals surface area contributed by atoms with Crippen LogP contribution in [0.3, 0.4) is 0 Å². The maximum atomic E-state index is 14.2. The molecule has 0 saturated heterocycles. The van der Waals surface area contributed by atoms with E-state index in [9.17, 15) is 4.39 Å². The van der Waals surface area contributed by atoms with Crippen LogP contribution in [0.5, 0.6) is 0 Å². The van der Waals surface area contributed by atoms with Gasteiger partial charge in [-0.3, -0.25) is 0 Å². The topological polar surface area (TPSA) is 38.9 Å². The Bertz CT molecular complexity index is 707. The van der Waals surface area contributed by atoms with E-state index in [2.05, 4.69) is 4.98 Å². The number of hydrogen-bond donors (Lipinski definition) is 1. The van der Waals surface area contributed by atoms with Gasteiger partial charge in [-0.15, -0.1) is 11.3 Å². The Morgan fingerprint density at radius 3 is 2.42 bits per heavy atom. The summed E-state index contributed by atoms with van der Waals surface area (Å²) in [6.45, 7) is 0. The highest BCUT2D eigenvalue weighted by atomic mass is 32.1. The molecular formula is C15H11FN2S. The molecule has 3 rings (SSSR count). The standard InChI is InChI=1S/C15H11FN2S/c16-13-8-11(14-9-19-15(17)18-14)6-7-12(13)10-4-2-1-3-5-10/h1-9H,(H2,17,18). The molecule has 0 atom stereocenters.